The van der Waals surface area contributed by atoms with Crippen LogP contribution in [0.1, 0.15) is 131 Å². The quantitative estimate of drug-likeness (QED) is 0.111. The molecule has 1 N–H and O–H groups in total. The number of ether oxygens (including phenoxy) is 6. The zero-order valence-corrected chi connectivity index (χ0v) is 36.3. The van der Waals surface area contributed by atoms with Crippen LogP contribution in [0.3, 0.4) is 0 Å². The number of rotatable bonds is 10. The van der Waals surface area contributed by atoms with Crippen LogP contribution >= 0.6 is 0 Å². The molecule has 3 unspecified atom stereocenters. The van der Waals surface area contributed by atoms with Crippen LogP contribution in [0.25, 0.3) is 0 Å². The van der Waals surface area contributed by atoms with E-state index in [9.17, 15) is 19.2 Å². The predicted molar refractivity (Wildman–Crippen MR) is 210 cm³/mol. The lowest BCUT2D eigenvalue weighted by molar-refractivity contribution is -0.199. The van der Waals surface area contributed by atoms with Crippen molar-refractivity contribution in [2.45, 2.75) is 161 Å². The molecule has 4 saturated carbocycles. The van der Waals surface area contributed by atoms with Gasteiger partial charge in [0.1, 0.15) is 34.2 Å². The van der Waals surface area contributed by atoms with Crippen molar-refractivity contribution >= 4 is 31.3 Å². The predicted octanol–water partition coefficient (Wildman–Crippen LogP) is 7.06. The standard InChI is InChI=1S/C42H63BN2O12/c1-37(2,3)53-33(46)31-28(51-24-20-45(21-24)22-41(12,34(47)50-14)44-35(48)54-38(4,5)6)16-15-25(32(31)52-36(49)55-39(7,8)9)26-19-27(26)43-56-30-18-23-17-29(40(23,10)11)42(30,13)57-43/h15-16,23-24,26-27,29-30H,17-22H2,1-14H3,(H,44,48)/t23-,26?,27?,29-,30+,41?,42-/m0/s1. The minimum Gasteiger partial charge on any atom is -0.487 e. The van der Waals surface area contributed by atoms with Crippen LogP contribution in [-0.4, -0.2) is 103 Å². The van der Waals surface area contributed by atoms with E-state index in [-0.39, 0.29) is 52.5 Å². The number of nitrogens with zero attached hydrogens (tertiary/aromatic N) is 1. The van der Waals surface area contributed by atoms with Crippen molar-refractivity contribution < 1.29 is 56.9 Å². The molecule has 1 aromatic carbocycles. The van der Waals surface area contributed by atoms with E-state index in [0.717, 1.165) is 12.8 Å². The van der Waals surface area contributed by atoms with Crippen molar-refractivity contribution in [3.63, 3.8) is 0 Å². The first-order valence-corrected chi connectivity index (χ1v) is 20.3. The molecule has 6 fully saturated rings. The zero-order valence-electron chi connectivity index (χ0n) is 36.3. The number of alkyl carbamates (subject to hydrolysis) is 1. The Morgan fingerprint density at radius 3 is 2.09 bits per heavy atom. The molecule has 2 saturated heterocycles. The lowest BCUT2D eigenvalue weighted by atomic mass is 9.43. The Balaban J connectivity index is 1.25. The molecule has 2 bridgehead atoms. The fourth-order valence-electron chi connectivity index (χ4n) is 9.18. The van der Waals surface area contributed by atoms with E-state index in [1.165, 1.54) is 7.11 Å². The normalized spacial score (nSPS) is 29.1. The summed E-state index contributed by atoms with van der Waals surface area (Å²) in [5, 5.41) is 2.66. The van der Waals surface area contributed by atoms with Gasteiger partial charge in [0.25, 0.3) is 0 Å². The maximum Gasteiger partial charge on any atom is 0.514 e. The summed E-state index contributed by atoms with van der Waals surface area (Å²) in [6.45, 7) is 24.9. The van der Waals surface area contributed by atoms with E-state index in [1.807, 2.05) is 11.0 Å². The van der Waals surface area contributed by atoms with Crippen LogP contribution in [0.15, 0.2) is 12.1 Å². The van der Waals surface area contributed by atoms with Crippen molar-refractivity contribution in [2.75, 3.05) is 26.7 Å². The monoisotopic (exact) mass is 798 g/mol. The Morgan fingerprint density at radius 1 is 0.877 bits per heavy atom. The van der Waals surface area contributed by atoms with E-state index < -0.39 is 59.8 Å². The summed E-state index contributed by atoms with van der Waals surface area (Å²) in [6.07, 6.45) is 0.695. The number of hydrogen-bond donors (Lipinski definition) is 1. The van der Waals surface area contributed by atoms with E-state index in [0.29, 0.717) is 36.9 Å². The lowest BCUT2D eigenvalue weighted by Crippen LogP contribution is -2.65. The topological polar surface area (TPSA) is 157 Å². The fraction of sp³-hybridized carbons (Fsp3) is 0.762. The number of carbonyl (C=O) groups excluding carboxylic acids is 4. The van der Waals surface area contributed by atoms with Crippen LogP contribution < -0.4 is 14.8 Å². The van der Waals surface area contributed by atoms with Crippen LogP contribution in [-0.2, 0) is 33.1 Å². The number of carbonyl (C=O) groups is 4. The van der Waals surface area contributed by atoms with Gasteiger partial charge in [-0.3, -0.25) is 4.90 Å². The van der Waals surface area contributed by atoms with Gasteiger partial charge >= 0.3 is 31.3 Å². The number of nitrogens with one attached hydrogen (secondary N) is 1. The Morgan fingerprint density at radius 2 is 1.51 bits per heavy atom. The number of hydrogen-bond acceptors (Lipinski definition) is 13. The molecule has 2 heterocycles. The molecule has 7 rings (SSSR count). The van der Waals surface area contributed by atoms with Crippen molar-refractivity contribution in [1.82, 2.24) is 10.2 Å². The average Bonchev–Trinajstić information content (AvgIpc) is 3.73. The third-order valence-corrected chi connectivity index (χ3v) is 12.1. The highest BCUT2D eigenvalue weighted by atomic mass is 16.7. The minimum atomic E-state index is -1.42. The van der Waals surface area contributed by atoms with Gasteiger partial charge in [0, 0.05) is 25.5 Å². The summed E-state index contributed by atoms with van der Waals surface area (Å²) in [5.74, 6) is -0.299. The molecule has 4 aliphatic carbocycles. The molecular weight excluding hydrogens is 735 g/mol. The average molecular weight is 799 g/mol. The molecular formula is C42H63BN2O12. The van der Waals surface area contributed by atoms with Crippen LogP contribution in [0.2, 0.25) is 5.82 Å². The Hall–Kier alpha value is -3.56. The van der Waals surface area contributed by atoms with Gasteiger partial charge in [-0.25, -0.2) is 19.2 Å². The SMILES string of the molecule is COC(=O)C(C)(CN1CC(Oc2ccc(C3CC3B3O[C@@H]4C[C@@H]5C[C@@H](C5(C)C)[C@]4(C)O3)c(OC(=O)OC(C)(C)C)c2C(=O)OC(C)(C)C)C1)NC(=O)OC(C)(C)C. The summed E-state index contributed by atoms with van der Waals surface area (Å²) in [7, 11) is 0.822. The molecule has 57 heavy (non-hydrogen) atoms. The molecule has 6 aliphatic rings. The molecule has 7 atom stereocenters. The number of benzene rings is 1. The maximum atomic E-state index is 14.2. The van der Waals surface area contributed by atoms with Crippen molar-refractivity contribution in [1.29, 1.82) is 0 Å². The lowest BCUT2D eigenvalue weighted by Gasteiger charge is -2.64. The Labute approximate surface area is 337 Å². The highest BCUT2D eigenvalue weighted by Gasteiger charge is 2.70. The van der Waals surface area contributed by atoms with Gasteiger partial charge in [-0.2, -0.15) is 0 Å². The van der Waals surface area contributed by atoms with E-state index >= 15 is 0 Å². The zero-order chi connectivity index (χ0) is 42.3. The van der Waals surface area contributed by atoms with E-state index in [2.05, 4.69) is 26.1 Å². The third-order valence-electron chi connectivity index (χ3n) is 12.1. The van der Waals surface area contributed by atoms with Crippen LogP contribution in [0, 0.1) is 17.3 Å². The first kappa shape index (κ1) is 43.0. The minimum absolute atomic E-state index is 0.0181. The fourth-order valence-corrected chi connectivity index (χ4v) is 9.18. The molecule has 1 aromatic rings. The highest BCUT2D eigenvalue weighted by molar-refractivity contribution is 6.49. The molecule has 0 aromatic heterocycles. The van der Waals surface area contributed by atoms with Crippen molar-refractivity contribution in [3.05, 3.63) is 23.3 Å². The number of methoxy groups -OCH3 is 1. The molecule has 0 radical (unpaired) electrons. The molecule has 2 aliphatic heterocycles. The van der Waals surface area contributed by atoms with Gasteiger partial charge in [0.05, 0.1) is 18.8 Å². The summed E-state index contributed by atoms with van der Waals surface area (Å²) in [5.41, 5.74) is -3.49. The number of likely N-dealkylation sites (tertiary alicyclic amines) is 1. The van der Waals surface area contributed by atoms with Gasteiger partial charge in [-0.05, 0) is 130 Å². The van der Waals surface area contributed by atoms with Gasteiger partial charge in [-0.15, -0.1) is 0 Å². The largest absolute Gasteiger partial charge is 0.514 e. The number of esters is 2. The van der Waals surface area contributed by atoms with Gasteiger partial charge < -0.3 is 43.0 Å². The first-order chi connectivity index (χ1) is 26.1. The van der Waals surface area contributed by atoms with Gasteiger partial charge in [-0.1, -0.05) is 19.9 Å². The summed E-state index contributed by atoms with van der Waals surface area (Å²) in [4.78, 5) is 55.0. The second-order valence-corrected chi connectivity index (χ2v) is 20.7. The second-order valence-electron chi connectivity index (χ2n) is 20.7. The second kappa shape index (κ2) is 14.6. The molecule has 316 valence electrons. The maximum absolute atomic E-state index is 14.2. The van der Waals surface area contributed by atoms with Gasteiger partial charge in [0.15, 0.2) is 11.3 Å². The van der Waals surface area contributed by atoms with Crippen molar-refractivity contribution in [3.8, 4) is 11.5 Å². The smallest absolute Gasteiger partial charge is 0.487 e. The van der Waals surface area contributed by atoms with E-state index in [1.54, 1.807) is 75.3 Å². The Bertz CT molecular complexity index is 1760. The van der Waals surface area contributed by atoms with Crippen LogP contribution in [0.5, 0.6) is 11.5 Å². The molecule has 1 amide bonds. The summed E-state index contributed by atoms with van der Waals surface area (Å²) in [6, 6.07) is 3.54. The van der Waals surface area contributed by atoms with E-state index in [4.69, 9.17) is 37.7 Å². The molecule has 0 spiro atoms. The van der Waals surface area contributed by atoms with Crippen LogP contribution in [0.4, 0.5) is 9.59 Å². The summed E-state index contributed by atoms with van der Waals surface area (Å²) < 4.78 is 47.8. The molecule has 15 heteroatoms. The van der Waals surface area contributed by atoms with Gasteiger partial charge in [0.2, 0.25) is 0 Å². The molecule has 14 nitrogen and oxygen atoms in total. The Kier molecular flexibility index (Phi) is 11.0. The summed E-state index contributed by atoms with van der Waals surface area (Å²) >= 11 is 0. The number of amides is 1. The first-order valence-electron chi connectivity index (χ1n) is 20.3. The third kappa shape index (κ3) is 9.05. The highest BCUT2D eigenvalue weighted by Crippen LogP contribution is 2.68. The van der Waals surface area contributed by atoms with Crippen molar-refractivity contribution in [2.24, 2.45) is 17.3 Å².